The molecule has 0 radical (unpaired) electrons. The van der Waals surface area contributed by atoms with Gasteiger partial charge >= 0.3 is 5.97 Å². The lowest BCUT2D eigenvalue weighted by atomic mass is 10.1. The predicted octanol–water partition coefficient (Wildman–Crippen LogP) is 2.79. The number of halogens is 1. The van der Waals surface area contributed by atoms with Crippen LogP contribution in [0.3, 0.4) is 0 Å². The standard InChI is InChI=1S/C12H12FNO2S/c1-12(2,11(15)16)17-7-9-4-3-8(6-14)5-10(9)13/h3-5H,7H2,1-2H3,(H,15,16). The summed E-state index contributed by atoms with van der Waals surface area (Å²) in [5, 5.41) is 17.5. The Morgan fingerprint density at radius 2 is 2.24 bits per heavy atom. The first kappa shape index (κ1) is 13.5. The maximum atomic E-state index is 13.5. The Morgan fingerprint density at radius 1 is 1.59 bits per heavy atom. The predicted molar refractivity (Wildman–Crippen MR) is 64.1 cm³/mol. The Labute approximate surface area is 103 Å². The molecule has 0 aliphatic heterocycles. The van der Waals surface area contributed by atoms with Gasteiger partial charge in [0.25, 0.3) is 0 Å². The zero-order valence-electron chi connectivity index (χ0n) is 9.53. The molecule has 1 rings (SSSR count). The molecule has 0 aliphatic carbocycles. The van der Waals surface area contributed by atoms with Crippen LogP contribution in [0.1, 0.15) is 25.0 Å². The Hall–Kier alpha value is -1.54. The van der Waals surface area contributed by atoms with Crippen LogP contribution < -0.4 is 0 Å². The van der Waals surface area contributed by atoms with Gasteiger partial charge in [0.1, 0.15) is 10.6 Å². The van der Waals surface area contributed by atoms with E-state index in [0.29, 0.717) is 5.56 Å². The first-order valence-corrected chi connectivity index (χ1v) is 5.91. The van der Waals surface area contributed by atoms with E-state index in [9.17, 15) is 9.18 Å². The smallest absolute Gasteiger partial charge is 0.319 e. The number of thioether (sulfide) groups is 1. The van der Waals surface area contributed by atoms with Crippen LogP contribution in [0.25, 0.3) is 0 Å². The SMILES string of the molecule is CC(C)(SCc1ccc(C#N)cc1F)C(=O)O. The van der Waals surface area contributed by atoms with Gasteiger partial charge in [-0.3, -0.25) is 4.79 Å². The highest BCUT2D eigenvalue weighted by molar-refractivity contribution is 8.00. The molecule has 0 amide bonds. The highest BCUT2D eigenvalue weighted by Crippen LogP contribution is 2.29. The van der Waals surface area contributed by atoms with Gasteiger partial charge in [-0.1, -0.05) is 6.07 Å². The fourth-order valence-electron chi connectivity index (χ4n) is 1.05. The van der Waals surface area contributed by atoms with E-state index in [4.69, 9.17) is 10.4 Å². The Balaban J connectivity index is 2.78. The van der Waals surface area contributed by atoms with Crippen LogP contribution in [-0.4, -0.2) is 15.8 Å². The van der Waals surface area contributed by atoms with Crippen LogP contribution in [0.5, 0.6) is 0 Å². The Bertz CT molecular complexity index is 480. The van der Waals surface area contributed by atoms with Crippen LogP contribution >= 0.6 is 11.8 Å². The van der Waals surface area contributed by atoms with Crippen molar-refractivity contribution in [3.05, 3.63) is 35.1 Å². The van der Waals surface area contributed by atoms with E-state index < -0.39 is 16.5 Å². The van der Waals surface area contributed by atoms with Crippen molar-refractivity contribution in [2.24, 2.45) is 0 Å². The van der Waals surface area contributed by atoms with Crippen LogP contribution in [0.4, 0.5) is 4.39 Å². The van der Waals surface area contributed by atoms with Crippen molar-refractivity contribution in [3.8, 4) is 6.07 Å². The van der Waals surface area contributed by atoms with E-state index in [1.807, 2.05) is 6.07 Å². The molecule has 0 unspecified atom stereocenters. The average molecular weight is 253 g/mol. The summed E-state index contributed by atoms with van der Waals surface area (Å²) in [6.45, 7) is 3.14. The highest BCUT2D eigenvalue weighted by Gasteiger charge is 2.27. The van der Waals surface area contributed by atoms with Crippen molar-refractivity contribution in [2.75, 3.05) is 0 Å². The Kier molecular flexibility index (Phi) is 4.13. The van der Waals surface area contributed by atoms with E-state index in [0.717, 1.165) is 17.8 Å². The topological polar surface area (TPSA) is 61.1 Å². The van der Waals surface area contributed by atoms with Gasteiger partial charge in [-0.15, -0.1) is 11.8 Å². The van der Waals surface area contributed by atoms with Crippen LogP contribution in [0, 0.1) is 17.1 Å². The van der Waals surface area contributed by atoms with Crippen LogP contribution in [0.15, 0.2) is 18.2 Å². The van der Waals surface area contributed by atoms with Gasteiger partial charge in [-0.2, -0.15) is 5.26 Å². The lowest BCUT2D eigenvalue weighted by molar-refractivity contribution is -0.138. The second-order valence-corrected chi connectivity index (χ2v) is 5.62. The summed E-state index contributed by atoms with van der Waals surface area (Å²) in [5.74, 6) is -1.15. The van der Waals surface area contributed by atoms with Crippen molar-refractivity contribution < 1.29 is 14.3 Å². The molecule has 0 spiro atoms. The quantitative estimate of drug-likeness (QED) is 0.896. The summed E-state index contributed by atoms with van der Waals surface area (Å²) in [7, 11) is 0. The molecule has 0 bridgehead atoms. The fraction of sp³-hybridized carbons (Fsp3) is 0.333. The average Bonchev–Trinajstić information content (AvgIpc) is 2.27. The molecule has 90 valence electrons. The zero-order valence-corrected chi connectivity index (χ0v) is 10.3. The summed E-state index contributed by atoms with van der Waals surface area (Å²) in [4.78, 5) is 10.9. The minimum atomic E-state index is -0.958. The summed E-state index contributed by atoms with van der Waals surface area (Å²) < 4.78 is 12.5. The molecule has 1 aromatic carbocycles. The zero-order chi connectivity index (χ0) is 13.1. The first-order valence-electron chi connectivity index (χ1n) is 4.92. The third-order valence-corrected chi connectivity index (χ3v) is 3.64. The van der Waals surface area contributed by atoms with Gasteiger partial charge in [-0.25, -0.2) is 4.39 Å². The number of carboxylic acid groups (broad SMARTS) is 1. The summed E-state index contributed by atoms with van der Waals surface area (Å²) in [6, 6.07) is 6.03. The van der Waals surface area contributed by atoms with Crippen LogP contribution in [-0.2, 0) is 10.5 Å². The summed E-state index contributed by atoms with van der Waals surface area (Å²) in [6.07, 6.45) is 0. The number of carbonyl (C=O) groups is 1. The number of carboxylic acids is 1. The minimum Gasteiger partial charge on any atom is -0.480 e. The fourth-order valence-corrected chi connectivity index (χ4v) is 1.93. The summed E-state index contributed by atoms with van der Waals surface area (Å²) in [5.41, 5.74) is 0.664. The highest BCUT2D eigenvalue weighted by atomic mass is 32.2. The number of hydrogen-bond acceptors (Lipinski definition) is 3. The molecule has 0 aliphatic rings. The van der Waals surface area contributed by atoms with E-state index >= 15 is 0 Å². The van der Waals surface area contributed by atoms with Gasteiger partial charge in [0, 0.05) is 5.75 Å². The van der Waals surface area contributed by atoms with Crippen molar-refractivity contribution >= 4 is 17.7 Å². The van der Waals surface area contributed by atoms with Crippen molar-refractivity contribution in [2.45, 2.75) is 24.3 Å². The molecule has 1 aromatic rings. The Morgan fingerprint density at radius 3 is 2.71 bits per heavy atom. The monoisotopic (exact) mass is 253 g/mol. The van der Waals surface area contributed by atoms with Crippen molar-refractivity contribution in [1.29, 1.82) is 5.26 Å². The maximum absolute atomic E-state index is 13.5. The second kappa shape index (κ2) is 5.19. The van der Waals surface area contributed by atoms with E-state index in [-0.39, 0.29) is 11.3 Å². The molecule has 0 saturated carbocycles. The van der Waals surface area contributed by atoms with Crippen molar-refractivity contribution in [1.82, 2.24) is 0 Å². The lowest BCUT2D eigenvalue weighted by Gasteiger charge is -2.18. The number of benzene rings is 1. The normalized spacial score (nSPS) is 10.9. The molecular weight excluding hydrogens is 241 g/mol. The molecule has 0 atom stereocenters. The molecule has 0 fully saturated rings. The number of rotatable bonds is 4. The molecule has 0 aromatic heterocycles. The van der Waals surface area contributed by atoms with E-state index in [2.05, 4.69) is 0 Å². The molecule has 0 heterocycles. The van der Waals surface area contributed by atoms with Gasteiger partial charge in [-0.05, 0) is 31.5 Å². The van der Waals surface area contributed by atoms with E-state index in [1.165, 1.54) is 12.1 Å². The summed E-state index contributed by atoms with van der Waals surface area (Å²) >= 11 is 1.15. The number of aliphatic carboxylic acids is 1. The van der Waals surface area contributed by atoms with Gasteiger partial charge < -0.3 is 5.11 Å². The molecule has 5 heteroatoms. The van der Waals surface area contributed by atoms with E-state index in [1.54, 1.807) is 13.8 Å². The third-order valence-electron chi connectivity index (χ3n) is 2.29. The molecular formula is C12H12FNO2S. The van der Waals surface area contributed by atoms with Gasteiger partial charge in [0.2, 0.25) is 0 Å². The maximum Gasteiger partial charge on any atom is 0.319 e. The number of nitrogens with zero attached hydrogens (tertiary/aromatic N) is 1. The van der Waals surface area contributed by atoms with Gasteiger partial charge in [0.15, 0.2) is 0 Å². The van der Waals surface area contributed by atoms with Crippen molar-refractivity contribution in [3.63, 3.8) is 0 Å². The first-order chi connectivity index (χ1) is 7.86. The molecule has 17 heavy (non-hydrogen) atoms. The van der Waals surface area contributed by atoms with Crippen LogP contribution in [0.2, 0.25) is 0 Å². The minimum absolute atomic E-state index is 0.258. The molecule has 0 saturated heterocycles. The second-order valence-electron chi connectivity index (χ2n) is 4.02. The number of nitriles is 1. The number of hydrogen-bond donors (Lipinski definition) is 1. The molecule has 3 nitrogen and oxygen atoms in total. The molecule has 1 N–H and O–H groups in total. The largest absolute Gasteiger partial charge is 0.480 e. The third kappa shape index (κ3) is 3.46. The lowest BCUT2D eigenvalue weighted by Crippen LogP contribution is -2.27. The van der Waals surface area contributed by atoms with Gasteiger partial charge in [0.05, 0.1) is 11.6 Å².